The zero-order valence-corrected chi connectivity index (χ0v) is 20.6. The monoisotopic (exact) mass is 541 g/mol. The van der Waals surface area contributed by atoms with Gasteiger partial charge in [-0.3, -0.25) is 4.79 Å². The standard InChI is InChI=1S/C27H22F3N3O4S/c28-27(29,30)20-12-10-19(11-13-20)23-8-4-5-9-24(23)26(34)33-21-14-15-25(31-18-21)37-17-16-32-38(35,36)22-6-2-1-3-7-22/h1-15,18,32H,16-17H2,(H,33,34). The van der Waals surface area contributed by atoms with Crippen molar-refractivity contribution in [3.8, 4) is 17.0 Å². The van der Waals surface area contributed by atoms with Crippen LogP contribution in [0.4, 0.5) is 18.9 Å². The van der Waals surface area contributed by atoms with Crippen LogP contribution in [0.3, 0.4) is 0 Å². The summed E-state index contributed by atoms with van der Waals surface area (Å²) in [7, 11) is -3.64. The molecule has 1 aromatic heterocycles. The van der Waals surface area contributed by atoms with Crippen molar-refractivity contribution in [2.45, 2.75) is 11.1 Å². The van der Waals surface area contributed by atoms with E-state index in [0.717, 1.165) is 12.1 Å². The molecule has 4 aromatic rings. The Morgan fingerprint density at radius 3 is 2.21 bits per heavy atom. The van der Waals surface area contributed by atoms with E-state index < -0.39 is 27.7 Å². The van der Waals surface area contributed by atoms with E-state index in [-0.39, 0.29) is 29.5 Å². The fourth-order valence-corrected chi connectivity index (χ4v) is 4.56. The number of halogens is 3. The predicted molar refractivity (Wildman–Crippen MR) is 136 cm³/mol. The summed E-state index contributed by atoms with van der Waals surface area (Å²) < 4.78 is 71.0. The van der Waals surface area contributed by atoms with Gasteiger partial charge in [-0.15, -0.1) is 0 Å². The van der Waals surface area contributed by atoms with Gasteiger partial charge in [0.1, 0.15) is 6.61 Å². The van der Waals surface area contributed by atoms with Gasteiger partial charge in [0.25, 0.3) is 5.91 Å². The number of pyridine rings is 1. The van der Waals surface area contributed by atoms with Gasteiger partial charge >= 0.3 is 6.18 Å². The van der Waals surface area contributed by atoms with Crippen molar-refractivity contribution >= 4 is 21.6 Å². The van der Waals surface area contributed by atoms with Gasteiger partial charge in [0.05, 0.1) is 22.3 Å². The summed E-state index contributed by atoms with van der Waals surface area (Å²) in [5.74, 6) is -0.238. The summed E-state index contributed by atoms with van der Waals surface area (Å²) in [6.45, 7) is 0.0589. The zero-order valence-electron chi connectivity index (χ0n) is 19.8. The molecular formula is C27H22F3N3O4S. The van der Waals surface area contributed by atoms with Gasteiger partial charge < -0.3 is 10.1 Å². The number of rotatable bonds is 9. The lowest BCUT2D eigenvalue weighted by atomic mass is 9.98. The number of ether oxygens (including phenoxy) is 1. The van der Waals surface area contributed by atoms with Crippen molar-refractivity contribution in [1.82, 2.24) is 9.71 Å². The maximum Gasteiger partial charge on any atom is 0.416 e. The number of amides is 1. The third-order valence-corrected chi connectivity index (χ3v) is 6.86. The molecule has 0 spiro atoms. The fraction of sp³-hybridized carbons (Fsp3) is 0.111. The van der Waals surface area contributed by atoms with Gasteiger partial charge in [-0.2, -0.15) is 13.2 Å². The van der Waals surface area contributed by atoms with Gasteiger partial charge in [-0.1, -0.05) is 48.5 Å². The average Bonchev–Trinajstić information content (AvgIpc) is 2.92. The molecule has 11 heteroatoms. The molecule has 1 heterocycles. The molecule has 0 aliphatic rings. The third-order valence-electron chi connectivity index (χ3n) is 5.39. The predicted octanol–water partition coefficient (Wildman–Crippen LogP) is 5.38. The molecule has 0 bridgehead atoms. The summed E-state index contributed by atoms with van der Waals surface area (Å²) in [6.07, 6.45) is -3.07. The SMILES string of the molecule is O=C(Nc1ccc(OCCNS(=O)(=O)c2ccccc2)nc1)c1ccccc1-c1ccc(C(F)(F)F)cc1. The number of aromatic nitrogens is 1. The van der Waals surface area contributed by atoms with E-state index in [0.29, 0.717) is 16.8 Å². The van der Waals surface area contributed by atoms with Crippen molar-refractivity contribution in [3.63, 3.8) is 0 Å². The van der Waals surface area contributed by atoms with Crippen LogP contribution >= 0.6 is 0 Å². The van der Waals surface area contributed by atoms with Crippen LogP contribution in [0, 0.1) is 0 Å². The molecule has 0 atom stereocenters. The molecule has 0 saturated heterocycles. The number of nitrogens with one attached hydrogen (secondary N) is 2. The highest BCUT2D eigenvalue weighted by atomic mass is 32.2. The van der Waals surface area contributed by atoms with Crippen LogP contribution < -0.4 is 14.8 Å². The van der Waals surface area contributed by atoms with Crippen LogP contribution in [0.25, 0.3) is 11.1 Å². The Labute approximate surface area is 217 Å². The van der Waals surface area contributed by atoms with Gasteiger partial charge in [-0.05, 0) is 47.5 Å². The van der Waals surface area contributed by atoms with Gasteiger partial charge in [0.15, 0.2) is 0 Å². The van der Waals surface area contributed by atoms with Crippen molar-refractivity contribution in [2.75, 3.05) is 18.5 Å². The minimum Gasteiger partial charge on any atom is -0.476 e. The first-order valence-corrected chi connectivity index (χ1v) is 12.8. The van der Waals surface area contributed by atoms with Crippen molar-refractivity contribution < 1.29 is 31.1 Å². The van der Waals surface area contributed by atoms with E-state index in [2.05, 4.69) is 15.0 Å². The lowest BCUT2D eigenvalue weighted by Crippen LogP contribution is -2.28. The molecule has 0 aliphatic heterocycles. The molecule has 7 nitrogen and oxygen atoms in total. The smallest absolute Gasteiger partial charge is 0.416 e. The van der Waals surface area contributed by atoms with E-state index in [4.69, 9.17) is 4.74 Å². The van der Waals surface area contributed by atoms with Crippen molar-refractivity contribution in [2.24, 2.45) is 0 Å². The zero-order chi connectivity index (χ0) is 27.2. The average molecular weight is 542 g/mol. The first-order chi connectivity index (χ1) is 18.1. The number of anilines is 1. The largest absolute Gasteiger partial charge is 0.476 e. The number of sulfonamides is 1. The molecule has 196 valence electrons. The maximum absolute atomic E-state index is 12.9. The molecular weight excluding hydrogens is 519 g/mol. The number of carbonyl (C=O) groups excluding carboxylic acids is 1. The molecule has 4 rings (SSSR count). The first-order valence-electron chi connectivity index (χ1n) is 11.3. The van der Waals surface area contributed by atoms with Crippen LogP contribution in [0.1, 0.15) is 15.9 Å². The van der Waals surface area contributed by atoms with Crippen LogP contribution in [0.5, 0.6) is 5.88 Å². The lowest BCUT2D eigenvalue weighted by Gasteiger charge is -2.12. The second-order valence-corrected chi connectivity index (χ2v) is 9.79. The number of alkyl halides is 3. The normalized spacial score (nSPS) is 11.7. The Morgan fingerprint density at radius 2 is 1.55 bits per heavy atom. The molecule has 3 aromatic carbocycles. The summed E-state index contributed by atoms with van der Waals surface area (Å²) in [4.78, 5) is 17.2. The Morgan fingerprint density at radius 1 is 0.868 bits per heavy atom. The Hall–Kier alpha value is -4.22. The summed E-state index contributed by atoms with van der Waals surface area (Å²) in [6, 6.07) is 22.2. The molecule has 0 saturated carbocycles. The lowest BCUT2D eigenvalue weighted by molar-refractivity contribution is -0.137. The highest BCUT2D eigenvalue weighted by Crippen LogP contribution is 2.32. The van der Waals surface area contributed by atoms with E-state index in [1.54, 1.807) is 48.5 Å². The molecule has 0 aliphatic carbocycles. The van der Waals surface area contributed by atoms with Crippen LogP contribution in [0.15, 0.2) is 102 Å². The number of hydrogen-bond acceptors (Lipinski definition) is 5. The number of nitrogens with zero attached hydrogens (tertiary/aromatic N) is 1. The van der Waals surface area contributed by atoms with E-state index in [9.17, 15) is 26.4 Å². The quantitative estimate of drug-likeness (QED) is 0.278. The maximum atomic E-state index is 12.9. The molecule has 1 amide bonds. The topological polar surface area (TPSA) is 97.4 Å². The van der Waals surface area contributed by atoms with Crippen LogP contribution in [-0.4, -0.2) is 32.5 Å². The van der Waals surface area contributed by atoms with Crippen LogP contribution in [-0.2, 0) is 16.2 Å². The summed E-state index contributed by atoms with van der Waals surface area (Å²) >= 11 is 0. The molecule has 0 fully saturated rings. The van der Waals surface area contributed by atoms with Crippen molar-refractivity contribution in [3.05, 3.63) is 108 Å². The molecule has 2 N–H and O–H groups in total. The minimum absolute atomic E-state index is 0.0259. The van der Waals surface area contributed by atoms with Gasteiger partial charge in [0.2, 0.25) is 15.9 Å². The van der Waals surface area contributed by atoms with Crippen LogP contribution in [0.2, 0.25) is 0 Å². The third kappa shape index (κ3) is 6.75. The Kier molecular flexibility index (Phi) is 8.08. The fourth-order valence-electron chi connectivity index (χ4n) is 3.52. The van der Waals surface area contributed by atoms with Gasteiger partial charge in [0, 0.05) is 18.2 Å². The number of benzene rings is 3. The molecule has 38 heavy (non-hydrogen) atoms. The Bertz CT molecular complexity index is 1490. The van der Waals surface area contributed by atoms with Gasteiger partial charge in [-0.25, -0.2) is 18.1 Å². The molecule has 0 unspecified atom stereocenters. The van der Waals surface area contributed by atoms with E-state index in [1.807, 2.05) is 0 Å². The number of hydrogen-bond donors (Lipinski definition) is 2. The Balaban J connectivity index is 1.35. The van der Waals surface area contributed by atoms with E-state index in [1.165, 1.54) is 36.5 Å². The molecule has 0 radical (unpaired) electrons. The second-order valence-electron chi connectivity index (χ2n) is 8.02. The van der Waals surface area contributed by atoms with E-state index >= 15 is 0 Å². The number of carbonyl (C=O) groups is 1. The highest BCUT2D eigenvalue weighted by Gasteiger charge is 2.30. The minimum atomic E-state index is -4.45. The second kappa shape index (κ2) is 11.4. The summed E-state index contributed by atoms with van der Waals surface area (Å²) in [5.41, 5.74) is 0.816. The highest BCUT2D eigenvalue weighted by molar-refractivity contribution is 7.89. The summed E-state index contributed by atoms with van der Waals surface area (Å²) in [5, 5.41) is 2.71. The first kappa shape index (κ1) is 26.8. The van der Waals surface area contributed by atoms with Crippen molar-refractivity contribution in [1.29, 1.82) is 0 Å².